The molecule has 0 N–H and O–H groups in total. The van der Waals surface area contributed by atoms with Gasteiger partial charge in [0.25, 0.3) is 0 Å². The van der Waals surface area contributed by atoms with Crippen LogP contribution in [0.1, 0.15) is 68.4 Å². The summed E-state index contributed by atoms with van der Waals surface area (Å²) in [5.74, 6) is 1.93. The predicted octanol–water partition coefficient (Wildman–Crippen LogP) is 6.79. The minimum Gasteiger partial charge on any atom is -0.491 e. The number of fused-ring (bicyclic) bond motifs is 3. The first kappa shape index (κ1) is 25.9. The molecule has 0 spiro atoms. The number of benzene rings is 3. The summed E-state index contributed by atoms with van der Waals surface area (Å²) in [5.41, 5.74) is 4.19. The minimum absolute atomic E-state index is 0.0129. The van der Waals surface area contributed by atoms with E-state index in [-0.39, 0.29) is 23.6 Å². The van der Waals surface area contributed by atoms with E-state index in [1.807, 2.05) is 74.5 Å². The fraction of sp³-hybridized carbons (Fsp3) is 0.273. The molecule has 2 atom stereocenters. The zero-order chi connectivity index (χ0) is 27.7. The van der Waals surface area contributed by atoms with Crippen LogP contribution < -0.4 is 9.47 Å². The van der Waals surface area contributed by atoms with Crippen molar-refractivity contribution in [3.63, 3.8) is 0 Å². The van der Waals surface area contributed by atoms with Gasteiger partial charge in [0.05, 0.1) is 29.0 Å². The van der Waals surface area contributed by atoms with Crippen LogP contribution in [-0.4, -0.2) is 22.2 Å². The van der Waals surface area contributed by atoms with Gasteiger partial charge in [0.15, 0.2) is 11.4 Å². The lowest BCUT2D eigenvalue weighted by Crippen LogP contribution is -2.30. The van der Waals surface area contributed by atoms with E-state index in [2.05, 4.69) is 50.0 Å². The predicted molar refractivity (Wildman–Crippen MR) is 149 cm³/mol. The number of ether oxygens (including phenoxy) is 2. The van der Waals surface area contributed by atoms with Gasteiger partial charge in [-0.25, -0.2) is 9.97 Å². The summed E-state index contributed by atoms with van der Waals surface area (Å²) in [6.07, 6.45) is 0.117. The van der Waals surface area contributed by atoms with Crippen LogP contribution in [0.5, 0.6) is 11.5 Å². The van der Waals surface area contributed by atoms with E-state index in [0.717, 1.165) is 33.8 Å². The first-order valence-corrected chi connectivity index (χ1v) is 13.2. The lowest BCUT2D eigenvalue weighted by atomic mass is 9.69. The SMILES string of the molecule is CC(C)Oc1ccc(C2(c3ccc(OC(C)C(C)C)cc3)c3ccccc3-c3nc(C#N)c(C#N)nc32)cc1. The van der Waals surface area contributed by atoms with Gasteiger partial charge in [-0.3, -0.25) is 0 Å². The average Bonchev–Trinajstić information content (AvgIpc) is 3.23. The maximum absolute atomic E-state index is 9.86. The van der Waals surface area contributed by atoms with E-state index >= 15 is 0 Å². The molecule has 0 radical (unpaired) electrons. The van der Waals surface area contributed by atoms with Crippen LogP contribution in [0.4, 0.5) is 0 Å². The molecule has 39 heavy (non-hydrogen) atoms. The minimum atomic E-state index is -0.864. The van der Waals surface area contributed by atoms with Crippen molar-refractivity contribution < 1.29 is 9.47 Å². The molecule has 6 heteroatoms. The molecule has 1 aliphatic carbocycles. The molecule has 1 aromatic heterocycles. The fourth-order valence-electron chi connectivity index (χ4n) is 5.13. The topological polar surface area (TPSA) is 91.8 Å². The van der Waals surface area contributed by atoms with E-state index in [1.54, 1.807) is 0 Å². The molecular formula is C33H30N4O2. The first-order chi connectivity index (χ1) is 18.8. The van der Waals surface area contributed by atoms with Crippen molar-refractivity contribution in [2.75, 3.05) is 0 Å². The van der Waals surface area contributed by atoms with Crippen LogP contribution in [0.25, 0.3) is 11.3 Å². The molecule has 0 saturated heterocycles. The van der Waals surface area contributed by atoms with Crippen molar-refractivity contribution >= 4 is 0 Å². The highest BCUT2D eigenvalue weighted by Crippen LogP contribution is 2.55. The van der Waals surface area contributed by atoms with Crippen LogP contribution in [0.15, 0.2) is 72.8 Å². The third kappa shape index (κ3) is 4.39. The van der Waals surface area contributed by atoms with Gasteiger partial charge in [-0.2, -0.15) is 10.5 Å². The maximum Gasteiger partial charge on any atom is 0.177 e. The van der Waals surface area contributed by atoms with Gasteiger partial charge in [0.2, 0.25) is 0 Å². The van der Waals surface area contributed by atoms with Gasteiger partial charge in [-0.05, 0) is 67.6 Å². The molecule has 0 amide bonds. The normalized spacial score (nSPS) is 16.2. The van der Waals surface area contributed by atoms with Crippen LogP contribution in [-0.2, 0) is 5.41 Å². The summed E-state index contributed by atoms with van der Waals surface area (Å²) >= 11 is 0. The third-order valence-corrected chi connectivity index (χ3v) is 7.26. The smallest absolute Gasteiger partial charge is 0.177 e. The Labute approximate surface area is 229 Å². The number of nitrogens with zero attached hydrogens (tertiary/aromatic N) is 4. The molecule has 5 rings (SSSR count). The molecule has 0 saturated carbocycles. The Bertz CT molecular complexity index is 1600. The zero-order valence-electron chi connectivity index (χ0n) is 22.8. The highest BCUT2D eigenvalue weighted by Gasteiger charge is 2.49. The van der Waals surface area contributed by atoms with Crippen LogP contribution in [0.2, 0.25) is 0 Å². The Morgan fingerprint density at radius 1 is 0.692 bits per heavy atom. The lowest BCUT2D eigenvalue weighted by molar-refractivity contribution is 0.170. The Morgan fingerprint density at radius 3 is 1.77 bits per heavy atom. The Morgan fingerprint density at radius 2 is 1.23 bits per heavy atom. The van der Waals surface area contributed by atoms with Gasteiger partial charge in [0, 0.05) is 5.56 Å². The summed E-state index contributed by atoms with van der Waals surface area (Å²) < 4.78 is 12.1. The van der Waals surface area contributed by atoms with Crippen molar-refractivity contribution in [3.05, 3.63) is 107 Å². The monoisotopic (exact) mass is 514 g/mol. The zero-order valence-corrected chi connectivity index (χ0v) is 22.8. The van der Waals surface area contributed by atoms with E-state index < -0.39 is 5.41 Å². The van der Waals surface area contributed by atoms with E-state index in [4.69, 9.17) is 14.5 Å². The third-order valence-electron chi connectivity index (χ3n) is 7.26. The molecule has 1 heterocycles. The van der Waals surface area contributed by atoms with Crippen molar-refractivity contribution in [3.8, 4) is 34.9 Å². The van der Waals surface area contributed by atoms with E-state index in [9.17, 15) is 10.5 Å². The number of hydrogen-bond acceptors (Lipinski definition) is 6. The van der Waals surface area contributed by atoms with E-state index in [0.29, 0.717) is 17.3 Å². The molecule has 194 valence electrons. The van der Waals surface area contributed by atoms with Crippen LogP contribution in [0, 0.1) is 28.6 Å². The van der Waals surface area contributed by atoms with Gasteiger partial charge >= 0.3 is 0 Å². The number of rotatable bonds is 7. The Balaban J connectivity index is 1.79. The first-order valence-electron chi connectivity index (χ1n) is 13.2. The summed E-state index contributed by atoms with van der Waals surface area (Å²) in [6, 6.07) is 28.2. The molecule has 0 bridgehead atoms. The van der Waals surface area contributed by atoms with E-state index in [1.165, 1.54) is 0 Å². The molecule has 0 fully saturated rings. The van der Waals surface area contributed by atoms with Gasteiger partial charge in [-0.1, -0.05) is 62.4 Å². The van der Waals surface area contributed by atoms with Gasteiger partial charge < -0.3 is 9.47 Å². The highest BCUT2D eigenvalue weighted by molar-refractivity contribution is 5.83. The van der Waals surface area contributed by atoms with Crippen molar-refractivity contribution in [1.82, 2.24) is 9.97 Å². The Hall–Kier alpha value is -4.68. The summed E-state index contributed by atoms with van der Waals surface area (Å²) in [4.78, 5) is 9.49. The molecule has 0 aliphatic heterocycles. The largest absolute Gasteiger partial charge is 0.491 e. The quantitative estimate of drug-likeness (QED) is 0.237. The van der Waals surface area contributed by atoms with Crippen LogP contribution >= 0.6 is 0 Å². The number of aromatic nitrogens is 2. The van der Waals surface area contributed by atoms with Gasteiger partial charge in [-0.15, -0.1) is 0 Å². The lowest BCUT2D eigenvalue weighted by Gasteiger charge is -2.33. The second kappa shape index (κ2) is 10.2. The summed E-state index contributed by atoms with van der Waals surface area (Å²) in [7, 11) is 0. The molecule has 2 unspecified atom stereocenters. The fourth-order valence-corrected chi connectivity index (χ4v) is 5.13. The highest BCUT2D eigenvalue weighted by atomic mass is 16.5. The summed E-state index contributed by atoms with van der Waals surface area (Å²) in [6.45, 7) is 10.3. The number of hydrogen-bond donors (Lipinski definition) is 0. The molecule has 1 aliphatic rings. The molecule has 3 aromatic carbocycles. The Kier molecular flexibility index (Phi) is 6.81. The molecule has 4 aromatic rings. The van der Waals surface area contributed by atoms with Crippen LogP contribution in [0.3, 0.4) is 0 Å². The maximum atomic E-state index is 9.86. The van der Waals surface area contributed by atoms with Gasteiger partial charge in [0.1, 0.15) is 23.6 Å². The standard InChI is InChI=1S/C33H30N4O2/c1-20(2)22(5)39-26-16-12-24(13-17-26)33(23-10-14-25(15-11-23)38-21(3)4)28-9-7-6-8-27(28)31-32(33)37-30(19-35)29(18-34)36-31/h6-17,20-22H,1-5H3. The van der Waals surface area contributed by atoms with Crippen molar-refractivity contribution in [2.45, 2.75) is 52.2 Å². The summed E-state index contributed by atoms with van der Waals surface area (Å²) in [5, 5.41) is 19.6. The second-order valence-electron chi connectivity index (χ2n) is 10.4. The van der Waals surface area contributed by atoms with Crippen molar-refractivity contribution in [2.24, 2.45) is 5.92 Å². The molecule has 6 nitrogen and oxygen atoms in total. The average molecular weight is 515 g/mol. The van der Waals surface area contributed by atoms with Crippen molar-refractivity contribution in [1.29, 1.82) is 10.5 Å². The number of nitriles is 2. The second-order valence-corrected chi connectivity index (χ2v) is 10.4. The molecular weight excluding hydrogens is 484 g/mol.